The molecule has 6 rings (SSSR count). The number of benzene rings is 1. The number of fused-ring (bicyclic) bond motifs is 5. The summed E-state index contributed by atoms with van der Waals surface area (Å²) in [7, 11) is 0. The number of aromatic nitrogens is 1. The van der Waals surface area contributed by atoms with Crippen LogP contribution in [0.1, 0.15) is 63.9 Å². The van der Waals surface area contributed by atoms with Gasteiger partial charge in [0.05, 0.1) is 0 Å². The molecule has 0 aliphatic heterocycles. The monoisotopic (exact) mass is 497 g/mol. The van der Waals surface area contributed by atoms with E-state index in [1.54, 1.807) is 6.08 Å². The first-order valence-electron chi connectivity index (χ1n) is 14.2. The average molecular weight is 498 g/mol. The fourth-order valence-corrected chi connectivity index (χ4v) is 9.00. The fraction of sp³-hybridized carbons (Fsp3) is 0.515. The topological polar surface area (TPSA) is 70.4 Å². The molecule has 4 heteroatoms. The number of hydrogen-bond acceptors (Lipinski definition) is 4. The molecule has 6 atom stereocenters. The highest BCUT2D eigenvalue weighted by Gasteiger charge is 2.59. The van der Waals surface area contributed by atoms with Crippen LogP contribution in [-0.2, 0) is 11.2 Å². The van der Waals surface area contributed by atoms with Gasteiger partial charge in [0.15, 0.2) is 12.1 Å². The Hall–Kier alpha value is -2.56. The lowest BCUT2D eigenvalue weighted by molar-refractivity contribution is -0.117. The van der Waals surface area contributed by atoms with Crippen molar-refractivity contribution in [1.29, 1.82) is 0 Å². The molecular formula is C33H39NO3. The predicted molar refractivity (Wildman–Crippen MR) is 145 cm³/mol. The molecule has 0 bridgehead atoms. The molecule has 0 spiro atoms. The van der Waals surface area contributed by atoms with Crippen molar-refractivity contribution in [2.75, 3.05) is 0 Å². The van der Waals surface area contributed by atoms with E-state index in [1.165, 1.54) is 42.4 Å². The molecule has 4 aliphatic carbocycles. The number of allylic oxidation sites excluding steroid dienone is 2. The number of carbonyl (C=O) groups excluding carboxylic acids is 1. The van der Waals surface area contributed by atoms with Crippen LogP contribution >= 0.6 is 0 Å². The van der Waals surface area contributed by atoms with Crippen LogP contribution in [0.3, 0.4) is 0 Å². The van der Waals surface area contributed by atoms with Gasteiger partial charge in [-0.25, -0.2) is 0 Å². The van der Waals surface area contributed by atoms with Gasteiger partial charge in [0.2, 0.25) is 0 Å². The summed E-state index contributed by atoms with van der Waals surface area (Å²) in [6.07, 6.45) is 17.7. The quantitative estimate of drug-likeness (QED) is 0.376. The highest BCUT2D eigenvalue weighted by Crippen LogP contribution is 2.67. The van der Waals surface area contributed by atoms with Crippen LogP contribution in [0.5, 0.6) is 0 Å². The summed E-state index contributed by atoms with van der Waals surface area (Å²) in [6, 6.07) is 13.1. The first-order chi connectivity index (χ1) is 17.9. The summed E-state index contributed by atoms with van der Waals surface area (Å²) in [4.78, 5) is 16.8. The third-order valence-corrected chi connectivity index (χ3v) is 10.7. The molecule has 3 saturated carbocycles. The van der Waals surface area contributed by atoms with Crippen molar-refractivity contribution in [3.8, 4) is 11.1 Å². The van der Waals surface area contributed by atoms with E-state index in [9.17, 15) is 15.0 Å². The van der Waals surface area contributed by atoms with Crippen molar-refractivity contribution >= 4 is 5.78 Å². The zero-order valence-corrected chi connectivity index (χ0v) is 21.9. The summed E-state index contributed by atoms with van der Waals surface area (Å²) in [5.74, 6) is 2.69. The molecule has 1 heterocycles. The molecule has 37 heavy (non-hydrogen) atoms. The van der Waals surface area contributed by atoms with Crippen molar-refractivity contribution in [2.24, 2.45) is 34.5 Å². The molecular weight excluding hydrogens is 458 g/mol. The first-order valence-corrected chi connectivity index (χ1v) is 14.2. The smallest absolute Gasteiger partial charge is 0.171 e. The standard InChI is InChI=1S/C33H39NO3/c1-32-16-15-30-28(29(32)12-9-25(32)10-13-31(36)37)11-8-26-19-27(35)14-17-33(26,30)20-22-4-6-23(7-5-22)24-3-2-18-34-21-24/h2-7,10,13,18-19,21,25,28-31,36-37H,8-9,11-12,14-17,20H2,1H3/t25?,28-,29-,30+,32+,33+/m0/s1. The molecule has 1 unspecified atom stereocenters. The SMILES string of the molecule is C[C@]12CC[C@@H]3[C@@H](CCC4=CC(=O)CC[C@@]43Cc3ccc(-c4cccnc4)cc3)[C@@H]1CCC2C=CC(O)O. The molecule has 194 valence electrons. The Morgan fingerprint density at radius 2 is 1.84 bits per heavy atom. The van der Waals surface area contributed by atoms with Crippen LogP contribution in [0.4, 0.5) is 0 Å². The summed E-state index contributed by atoms with van der Waals surface area (Å²) in [5.41, 5.74) is 5.43. The Bertz CT molecular complexity index is 1200. The molecule has 2 N–H and O–H groups in total. The first kappa shape index (κ1) is 24.8. The minimum Gasteiger partial charge on any atom is -0.365 e. The maximum absolute atomic E-state index is 12.5. The second-order valence-corrected chi connectivity index (χ2v) is 12.3. The zero-order chi connectivity index (χ0) is 25.6. The van der Waals surface area contributed by atoms with E-state index in [-0.39, 0.29) is 10.8 Å². The maximum Gasteiger partial charge on any atom is 0.171 e. The van der Waals surface area contributed by atoms with Gasteiger partial charge in [-0.1, -0.05) is 48.9 Å². The molecule has 4 aliphatic rings. The minimum absolute atomic E-state index is 0.0865. The van der Waals surface area contributed by atoms with Crippen LogP contribution in [-0.4, -0.2) is 27.3 Å². The van der Waals surface area contributed by atoms with Gasteiger partial charge < -0.3 is 10.2 Å². The Morgan fingerprint density at radius 1 is 1.00 bits per heavy atom. The highest BCUT2D eigenvalue weighted by atomic mass is 16.5. The molecule has 4 nitrogen and oxygen atoms in total. The van der Waals surface area contributed by atoms with E-state index in [2.05, 4.69) is 48.3 Å². The van der Waals surface area contributed by atoms with Crippen molar-refractivity contribution in [3.05, 3.63) is 78.2 Å². The van der Waals surface area contributed by atoms with E-state index in [0.717, 1.165) is 31.2 Å². The van der Waals surface area contributed by atoms with Gasteiger partial charge in [-0.3, -0.25) is 9.78 Å². The van der Waals surface area contributed by atoms with Gasteiger partial charge in [0.25, 0.3) is 0 Å². The Balaban J connectivity index is 1.30. The van der Waals surface area contributed by atoms with Crippen molar-refractivity contribution in [1.82, 2.24) is 4.98 Å². The number of nitrogens with zero attached hydrogens (tertiary/aromatic N) is 1. The number of pyridine rings is 1. The molecule has 3 fully saturated rings. The summed E-state index contributed by atoms with van der Waals surface area (Å²) < 4.78 is 0. The highest BCUT2D eigenvalue weighted by molar-refractivity contribution is 5.91. The third-order valence-electron chi connectivity index (χ3n) is 10.7. The molecule has 0 amide bonds. The summed E-state index contributed by atoms with van der Waals surface area (Å²) >= 11 is 0. The summed E-state index contributed by atoms with van der Waals surface area (Å²) in [6.45, 7) is 2.46. The molecule has 2 aromatic rings. The predicted octanol–water partition coefficient (Wildman–Crippen LogP) is 6.29. The number of aliphatic hydroxyl groups excluding tert-OH is 1. The van der Waals surface area contributed by atoms with Crippen molar-refractivity contribution in [2.45, 2.75) is 71.0 Å². The number of carbonyl (C=O) groups is 1. The number of rotatable bonds is 5. The zero-order valence-electron chi connectivity index (χ0n) is 21.9. The van der Waals surface area contributed by atoms with E-state index in [4.69, 9.17) is 0 Å². The second-order valence-electron chi connectivity index (χ2n) is 12.3. The van der Waals surface area contributed by atoms with Gasteiger partial charge in [0, 0.05) is 18.8 Å². The van der Waals surface area contributed by atoms with E-state index in [1.807, 2.05) is 24.5 Å². The average Bonchev–Trinajstić information content (AvgIpc) is 3.25. The van der Waals surface area contributed by atoms with Crippen molar-refractivity contribution < 1.29 is 15.0 Å². The van der Waals surface area contributed by atoms with Gasteiger partial charge in [0.1, 0.15) is 0 Å². The molecule has 0 saturated heterocycles. The lowest BCUT2D eigenvalue weighted by Gasteiger charge is -2.59. The van der Waals surface area contributed by atoms with Crippen LogP contribution in [0.15, 0.2) is 72.6 Å². The van der Waals surface area contributed by atoms with Crippen LogP contribution < -0.4 is 0 Å². The molecule has 1 aromatic carbocycles. The second kappa shape index (κ2) is 9.63. The Morgan fingerprint density at radius 3 is 2.59 bits per heavy atom. The number of aliphatic hydroxyl groups is 2. The Labute approximate surface area is 220 Å². The van der Waals surface area contributed by atoms with Gasteiger partial charge >= 0.3 is 0 Å². The lowest BCUT2D eigenvalue weighted by atomic mass is 9.45. The Kier molecular flexibility index (Phi) is 6.45. The van der Waals surface area contributed by atoms with Crippen LogP contribution in [0.25, 0.3) is 11.1 Å². The largest absolute Gasteiger partial charge is 0.365 e. The van der Waals surface area contributed by atoms with Gasteiger partial charge in [-0.2, -0.15) is 0 Å². The van der Waals surface area contributed by atoms with E-state index in [0.29, 0.717) is 35.9 Å². The number of hydrogen-bond donors (Lipinski definition) is 2. The van der Waals surface area contributed by atoms with Gasteiger partial charge in [-0.05, 0) is 121 Å². The van der Waals surface area contributed by atoms with Crippen LogP contribution in [0.2, 0.25) is 0 Å². The lowest BCUT2D eigenvalue weighted by Crippen LogP contribution is -2.52. The van der Waals surface area contributed by atoms with Crippen molar-refractivity contribution in [3.63, 3.8) is 0 Å². The van der Waals surface area contributed by atoms with E-state index >= 15 is 0 Å². The third kappa shape index (κ3) is 4.32. The summed E-state index contributed by atoms with van der Waals surface area (Å²) in [5, 5.41) is 18.8. The van der Waals surface area contributed by atoms with Crippen LogP contribution in [0, 0.1) is 34.5 Å². The van der Waals surface area contributed by atoms with E-state index < -0.39 is 6.29 Å². The fourth-order valence-electron chi connectivity index (χ4n) is 9.00. The van der Waals surface area contributed by atoms with Gasteiger partial charge in [-0.15, -0.1) is 0 Å². The minimum atomic E-state index is -1.37. The number of ketones is 1. The normalized spacial score (nSPS) is 35.2. The maximum atomic E-state index is 12.5. The molecule has 0 radical (unpaired) electrons. The molecule has 1 aromatic heterocycles.